The topological polar surface area (TPSA) is 55.4 Å². The lowest BCUT2D eigenvalue weighted by Crippen LogP contribution is -2.36. The molecule has 6 heteroatoms. The van der Waals surface area contributed by atoms with Crippen LogP contribution < -0.4 is 0 Å². The van der Waals surface area contributed by atoms with E-state index in [1.165, 1.54) is 0 Å². The molecule has 4 aliphatic heterocycles. The maximum atomic E-state index is 6.36. The van der Waals surface area contributed by atoms with Crippen LogP contribution in [0.4, 0.5) is 0 Å². The van der Waals surface area contributed by atoms with E-state index in [1.807, 2.05) is 84.9 Å². The van der Waals surface area contributed by atoms with Crippen LogP contribution >= 0.6 is 0 Å². The van der Waals surface area contributed by atoms with Gasteiger partial charge in [-0.05, 0) is 25.0 Å². The number of hydrogen-bond acceptors (Lipinski definition) is 6. The van der Waals surface area contributed by atoms with E-state index in [4.69, 9.17) is 28.4 Å². The molecule has 0 bridgehead atoms. The van der Waals surface area contributed by atoms with Gasteiger partial charge in [0.1, 0.15) is 24.7 Å². The third-order valence-corrected chi connectivity index (χ3v) is 7.45. The molecule has 0 N–H and O–H groups in total. The summed E-state index contributed by atoms with van der Waals surface area (Å²) in [5, 5.41) is 0. The lowest BCUT2D eigenvalue weighted by molar-refractivity contribution is -0.199. The smallest absolute Gasteiger partial charge is 0.237 e. The van der Waals surface area contributed by atoms with E-state index in [0.717, 1.165) is 59.5 Å². The molecular weight excluding hydrogens is 480 g/mol. The third-order valence-electron chi connectivity index (χ3n) is 7.45. The molecular formula is C32H30O6. The zero-order valence-electron chi connectivity index (χ0n) is 21.1. The Morgan fingerprint density at radius 3 is 1.37 bits per heavy atom. The number of rotatable bonds is 4. The van der Waals surface area contributed by atoms with Gasteiger partial charge < -0.3 is 28.4 Å². The second kappa shape index (κ2) is 9.71. The summed E-state index contributed by atoms with van der Waals surface area (Å²) in [6.07, 6.45) is 6.52. The zero-order chi connectivity index (χ0) is 25.4. The summed E-state index contributed by atoms with van der Waals surface area (Å²) in [6, 6.07) is 28.2. The average molecular weight is 511 g/mol. The lowest BCUT2D eigenvalue weighted by Gasteiger charge is -2.33. The summed E-state index contributed by atoms with van der Waals surface area (Å²) in [4.78, 5) is 0. The van der Waals surface area contributed by atoms with Crippen LogP contribution in [-0.4, -0.2) is 24.8 Å². The van der Waals surface area contributed by atoms with Gasteiger partial charge in [0.2, 0.25) is 11.6 Å². The second-order valence-corrected chi connectivity index (χ2v) is 10.2. The average Bonchev–Trinajstić information content (AvgIpc) is 3.58. The molecule has 3 aromatic rings. The third kappa shape index (κ3) is 4.54. The first-order chi connectivity index (χ1) is 18.7. The normalized spacial score (nSPS) is 30.5. The number of allylic oxidation sites excluding steroid dienone is 2. The fourth-order valence-electron chi connectivity index (χ4n) is 5.43. The van der Waals surface area contributed by atoms with E-state index in [1.54, 1.807) is 0 Å². The van der Waals surface area contributed by atoms with Crippen molar-refractivity contribution in [2.24, 2.45) is 0 Å². The highest BCUT2D eigenvalue weighted by atomic mass is 16.8. The molecule has 4 unspecified atom stereocenters. The first kappa shape index (κ1) is 23.7. The molecule has 0 radical (unpaired) electrons. The number of ether oxygens (including phenoxy) is 6. The Hall–Kier alpha value is -3.42. The Bertz CT molecular complexity index is 1230. The largest absolute Gasteiger partial charge is 0.459 e. The van der Waals surface area contributed by atoms with Crippen LogP contribution in [0.25, 0.3) is 11.5 Å². The van der Waals surface area contributed by atoms with Crippen molar-refractivity contribution in [3.05, 3.63) is 119 Å². The van der Waals surface area contributed by atoms with Crippen molar-refractivity contribution >= 4 is 11.5 Å². The van der Waals surface area contributed by atoms with Gasteiger partial charge in [-0.15, -0.1) is 0 Å². The number of benzene rings is 3. The van der Waals surface area contributed by atoms with Crippen molar-refractivity contribution < 1.29 is 28.4 Å². The van der Waals surface area contributed by atoms with E-state index in [9.17, 15) is 0 Å². The molecule has 7 rings (SSSR count). The van der Waals surface area contributed by atoms with Gasteiger partial charge in [0.05, 0.1) is 0 Å². The Labute approximate surface area is 222 Å². The van der Waals surface area contributed by atoms with Crippen LogP contribution in [-0.2, 0) is 28.4 Å². The molecule has 38 heavy (non-hydrogen) atoms. The molecule has 2 fully saturated rings. The van der Waals surface area contributed by atoms with E-state index in [2.05, 4.69) is 12.2 Å². The summed E-state index contributed by atoms with van der Waals surface area (Å²) in [6.45, 7) is 0.769. The quantitative estimate of drug-likeness (QED) is 0.382. The first-order valence-electron chi connectivity index (χ1n) is 13.3. The minimum atomic E-state index is -0.768. The monoisotopic (exact) mass is 510 g/mol. The van der Waals surface area contributed by atoms with E-state index in [0.29, 0.717) is 13.2 Å². The molecule has 0 saturated carbocycles. The Balaban J connectivity index is 1.00. The summed E-state index contributed by atoms with van der Waals surface area (Å²) in [7, 11) is 0. The van der Waals surface area contributed by atoms with E-state index < -0.39 is 24.2 Å². The first-order valence-corrected chi connectivity index (χ1v) is 13.3. The predicted molar refractivity (Wildman–Crippen MR) is 141 cm³/mol. The fraction of sp³-hybridized carbons (Fsp3) is 0.312. The zero-order valence-corrected chi connectivity index (χ0v) is 21.1. The highest BCUT2D eigenvalue weighted by Crippen LogP contribution is 2.45. The molecule has 4 heterocycles. The summed E-state index contributed by atoms with van der Waals surface area (Å²) in [5.41, 5.74) is 3.96. The molecule has 0 amide bonds. The van der Waals surface area contributed by atoms with Crippen molar-refractivity contribution in [2.45, 2.75) is 49.8 Å². The van der Waals surface area contributed by atoms with Crippen LogP contribution in [0.15, 0.2) is 97.1 Å². The highest BCUT2D eigenvalue weighted by Gasteiger charge is 2.47. The molecule has 0 aliphatic carbocycles. The minimum absolute atomic E-state index is 0.384. The standard InChI is InChI=1S/C32H30O6/c1-3-9-23(10-4-1)27-13-7-19-31(35-27)21-33-29(37-31)25-15-17-26(18-16-25)30-34-22-32(38-30)20-8-14-28(36-32)24-11-5-2-6-12-24/h1-6,9-18,29-30H,7-8,19-22H2. The molecule has 4 aliphatic rings. The molecule has 4 atom stereocenters. The van der Waals surface area contributed by atoms with Crippen LogP contribution in [0.2, 0.25) is 0 Å². The molecule has 2 spiro atoms. The van der Waals surface area contributed by atoms with Crippen molar-refractivity contribution in [3.63, 3.8) is 0 Å². The van der Waals surface area contributed by atoms with Gasteiger partial charge >= 0.3 is 0 Å². The summed E-state index contributed by atoms with van der Waals surface area (Å²) in [5.74, 6) is 0.151. The Kier molecular flexibility index (Phi) is 6.05. The van der Waals surface area contributed by atoms with Gasteiger partial charge in [-0.25, -0.2) is 0 Å². The van der Waals surface area contributed by atoms with Gasteiger partial charge in [-0.3, -0.25) is 0 Å². The lowest BCUT2D eigenvalue weighted by atomic mass is 10.0. The van der Waals surface area contributed by atoms with Gasteiger partial charge in [0.15, 0.2) is 12.6 Å². The van der Waals surface area contributed by atoms with Crippen LogP contribution in [0.3, 0.4) is 0 Å². The van der Waals surface area contributed by atoms with E-state index in [-0.39, 0.29) is 0 Å². The maximum absolute atomic E-state index is 6.36. The highest BCUT2D eigenvalue weighted by molar-refractivity contribution is 5.61. The van der Waals surface area contributed by atoms with Crippen molar-refractivity contribution in [1.29, 1.82) is 0 Å². The fourth-order valence-corrected chi connectivity index (χ4v) is 5.43. The van der Waals surface area contributed by atoms with Crippen LogP contribution in [0.1, 0.15) is 60.5 Å². The Morgan fingerprint density at radius 2 is 0.947 bits per heavy atom. The van der Waals surface area contributed by atoms with Crippen molar-refractivity contribution in [1.82, 2.24) is 0 Å². The van der Waals surface area contributed by atoms with Gasteiger partial charge in [-0.1, -0.05) is 84.9 Å². The minimum Gasteiger partial charge on any atom is -0.459 e. The molecule has 6 nitrogen and oxygen atoms in total. The Morgan fingerprint density at radius 1 is 0.526 bits per heavy atom. The van der Waals surface area contributed by atoms with Gasteiger partial charge in [-0.2, -0.15) is 0 Å². The van der Waals surface area contributed by atoms with E-state index >= 15 is 0 Å². The summed E-state index contributed by atoms with van der Waals surface area (Å²) >= 11 is 0. The van der Waals surface area contributed by atoms with Crippen LogP contribution in [0.5, 0.6) is 0 Å². The van der Waals surface area contributed by atoms with Gasteiger partial charge in [0, 0.05) is 35.1 Å². The molecule has 194 valence electrons. The summed E-state index contributed by atoms with van der Waals surface area (Å²) < 4.78 is 37.5. The molecule has 2 saturated heterocycles. The SMILES string of the molecule is C1=C(c2ccccc2)OC2(CC1)COC(c1ccc(C3OCC4(CCC=C(c5ccccc5)O4)O3)cc1)O2. The molecule has 0 aromatic heterocycles. The maximum Gasteiger partial charge on any atom is 0.237 e. The second-order valence-electron chi connectivity index (χ2n) is 10.2. The van der Waals surface area contributed by atoms with Crippen LogP contribution in [0, 0.1) is 0 Å². The molecule has 3 aromatic carbocycles. The van der Waals surface area contributed by atoms with Gasteiger partial charge in [0.25, 0.3) is 0 Å². The number of hydrogen-bond donors (Lipinski definition) is 0. The van der Waals surface area contributed by atoms with Crippen molar-refractivity contribution in [2.75, 3.05) is 13.2 Å². The van der Waals surface area contributed by atoms with Crippen molar-refractivity contribution in [3.8, 4) is 0 Å². The predicted octanol–water partition coefficient (Wildman–Crippen LogP) is 6.87.